The average Bonchev–Trinajstić information content (AvgIpc) is 2.49. The van der Waals surface area contributed by atoms with Crippen molar-refractivity contribution >= 4 is 15.9 Å². The lowest BCUT2D eigenvalue weighted by atomic mass is 10.1. The molecule has 0 aliphatic heterocycles. The van der Waals surface area contributed by atoms with Gasteiger partial charge >= 0.3 is 0 Å². The second kappa shape index (κ2) is 3.43. The highest BCUT2D eigenvalue weighted by Gasteiger charge is 2.25. The van der Waals surface area contributed by atoms with Crippen molar-refractivity contribution in [2.24, 2.45) is 0 Å². The third-order valence-corrected chi connectivity index (χ3v) is 3.48. The summed E-state index contributed by atoms with van der Waals surface area (Å²) in [5.74, 6) is 0. The molecule has 1 aliphatic rings. The number of hydrogen-bond donors (Lipinski definition) is 0. The zero-order valence-corrected chi connectivity index (χ0v) is 9.63. The Bertz CT molecular complexity index is 320. The molecule has 1 aromatic rings. The van der Waals surface area contributed by atoms with Crippen LogP contribution in [0.25, 0.3) is 0 Å². The van der Waals surface area contributed by atoms with Gasteiger partial charge in [0.2, 0.25) is 0 Å². The van der Waals surface area contributed by atoms with E-state index in [1.807, 2.05) is 0 Å². The van der Waals surface area contributed by atoms with E-state index in [9.17, 15) is 0 Å². The van der Waals surface area contributed by atoms with E-state index in [1.54, 1.807) is 0 Å². The number of hydrogen-bond acceptors (Lipinski definition) is 1. The molecule has 1 aromatic carbocycles. The highest BCUT2D eigenvalue weighted by molar-refractivity contribution is 9.10. The first-order valence-electron chi connectivity index (χ1n) is 4.64. The first-order valence-corrected chi connectivity index (χ1v) is 5.43. The van der Waals surface area contributed by atoms with E-state index < -0.39 is 0 Å². The van der Waals surface area contributed by atoms with Gasteiger partial charge in [0.25, 0.3) is 0 Å². The largest absolute Gasteiger partial charge is 0.302 e. The highest BCUT2D eigenvalue weighted by atomic mass is 79.9. The molecule has 70 valence electrons. The van der Waals surface area contributed by atoms with Crippen molar-refractivity contribution in [1.29, 1.82) is 0 Å². The zero-order chi connectivity index (χ0) is 9.42. The summed E-state index contributed by atoms with van der Waals surface area (Å²) in [6.45, 7) is 0. The van der Waals surface area contributed by atoms with Crippen molar-refractivity contribution in [3.05, 3.63) is 33.8 Å². The summed E-state index contributed by atoms with van der Waals surface area (Å²) >= 11 is 3.63. The lowest BCUT2D eigenvalue weighted by molar-refractivity contribution is 0.298. The first-order chi connectivity index (χ1) is 6.20. The monoisotopic (exact) mass is 239 g/mol. The normalized spacial score (nSPS) is 20.8. The Morgan fingerprint density at radius 1 is 1.38 bits per heavy atom. The van der Waals surface area contributed by atoms with Crippen LogP contribution in [-0.2, 0) is 6.42 Å². The molecule has 0 heterocycles. The minimum absolute atomic E-state index is 0.602. The number of rotatable bonds is 1. The topological polar surface area (TPSA) is 3.24 Å². The van der Waals surface area contributed by atoms with Gasteiger partial charge in [0.05, 0.1) is 0 Å². The molecule has 0 radical (unpaired) electrons. The van der Waals surface area contributed by atoms with E-state index in [-0.39, 0.29) is 0 Å². The van der Waals surface area contributed by atoms with E-state index in [0.717, 1.165) is 0 Å². The van der Waals surface area contributed by atoms with Crippen molar-refractivity contribution in [3.63, 3.8) is 0 Å². The van der Waals surface area contributed by atoms with Gasteiger partial charge in [0.1, 0.15) is 0 Å². The molecule has 1 nitrogen and oxygen atoms in total. The number of aryl methyl sites for hydroxylation is 1. The third kappa shape index (κ3) is 1.53. The minimum Gasteiger partial charge on any atom is -0.302 e. The second-order valence-corrected chi connectivity index (χ2v) is 4.69. The molecule has 13 heavy (non-hydrogen) atoms. The summed E-state index contributed by atoms with van der Waals surface area (Å²) in [5, 5.41) is 0. The van der Waals surface area contributed by atoms with Crippen LogP contribution in [0.15, 0.2) is 22.7 Å². The number of benzene rings is 1. The zero-order valence-electron chi connectivity index (χ0n) is 8.05. The predicted octanol–water partition coefficient (Wildman–Crippen LogP) is 3.00. The van der Waals surface area contributed by atoms with Crippen LogP contribution in [0.2, 0.25) is 0 Å². The van der Waals surface area contributed by atoms with Crippen molar-refractivity contribution in [2.45, 2.75) is 18.9 Å². The van der Waals surface area contributed by atoms with Gasteiger partial charge in [-0.15, -0.1) is 0 Å². The van der Waals surface area contributed by atoms with Crippen LogP contribution in [-0.4, -0.2) is 19.0 Å². The molecule has 0 bridgehead atoms. The van der Waals surface area contributed by atoms with Gasteiger partial charge in [-0.05, 0) is 44.1 Å². The number of halogens is 1. The Morgan fingerprint density at radius 2 is 2.15 bits per heavy atom. The van der Waals surface area contributed by atoms with E-state index in [2.05, 4.69) is 53.1 Å². The molecule has 2 heteroatoms. The van der Waals surface area contributed by atoms with E-state index in [0.29, 0.717) is 6.04 Å². The molecular weight excluding hydrogens is 226 g/mol. The van der Waals surface area contributed by atoms with Crippen LogP contribution in [0.5, 0.6) is 0 Å². The summed E-state index contributed by atoms with van der Waals surface area (Å²) in [6.07, 6.45) is 2.47. The molecule has 2 rings (SSSR count). The maximum atomic E-state index is 3.63. The van der Waals surface area contributed by atoms with Crippen LogP contribution in [0, 0.1) is 0 Å². The Morgan fingerprint density at radius 3 is 2.85 bits per heavy atom. The first kappa shape index (κ1) is 9.22. The Hall–Kier alpha value is -0.340. The third-order valence-electron chi connectivity index (χ3n) is 2.79. The fraction of sp³-hybridized carbons (Fsp3) is 0.455. The van der Waals surface area contributed by atoms with E-state index >= 15 is 0 Å². The SMILES string of the molecule is CN(C)C1CCc2cccc(Br)c21. The van der Waals surface area contributed by atoms with Gasteiger partial charge < -0.3 is 4.90 Å². The maximum absolute atomic E-state index is 3.63. The summed E-state index contributed by atoms with van der Waals surface area (Å²) < 4.78 is 1.27. The standard InChI is InChI=1S/C11H14BrN/c1-13(2)10-7-6-8-4-3-5-9(12)11(8)10/h3-5,10H,6-7H2,1-2H3. The second-order valence-electron chi connectivity index (χ2n) is 3.83. The van der Waals surface area contributed by atoms with E-state index in [1.165, 1.54) is 28.4 Å². The van der Waals surface area contributed by atoms with Gasteiger partial charge in [0.15, 0.2) is 0 Å². The van der Waals surface area contributed by atoms with Crippen molar-refractivity contribution in [2.75, 3.05) is 14.1 Å². The molecule has 0 amide bonds. The van der Waals surface area contributed by atoms with Crippen molar-refractivity contribution in [1.82, 2.24) is 4.90 Å². The van der Waals surface area contributed by atoms with Gasteiger partial charge in [-0.3, -0.25) is 0 Å². The molecule has 0 fully saturated rings. The van der Waals surface area contributed by atoms with Gasteiger partial charge in [-0.25, -0.2) is 0 Å². The van der Waals surface area contributed by atoms with Gasteiger partial charge in [0, 0.05) is 10.5 Å². The average molecular weight is 240 g/mol. The molecular formula is C11H14BrN. The van der Waals surface area contributed by atoms with Crippen LogP contribution in [0.1, 0.15) is 23.6 Å². The summed E-state index contributed by atoms with van der Waals surface area (Å²) in [6, 6.07) is 7.11. The summed E-state index contributed by atoms with van der Waals surface area (Å²) in [4.78, 5) is 2.30. The molecule has 0 spiro atoms. The Kier molecular flexibility index (Phi) is 2.43. The van der Waals surface area contributed by atoms with E-state index in [4.69, 9.17) is 0 Å². The smallest absolute Gasteiger partial charge is 0.0359 e. The van der Waals surface area contributed by atoms with Crippen LogP contribution in [0.3, 0.4) is 0 Å². The molecule has 0 aromatic heterocycles. The number of nitrogens with zero attached hydrogens (tertiary/aromatic N) is 1. The fourth-order valence-electron chi connectivity index (χ4n) is 2.13. The van der Waals surface area contributed by atoms with Crippen molar-refractivity contribution in [3.8, 4) is 0 Å². The quantitative estimate of drug-likeness (QED) is 0.729. The van der Waals surface area contributed by atoms with Gasteiger partial charge in [-0.1, -0.05) is 28.1 Å². The summed E-state index contributed by atoms with van der Waals surface area (Å²) in [7, 11) is 4.30. The Balaban J connectivity index is 2.46. The highest BCUT2D eigenvalue weighted by Crippen LogP contribution is 2.38. The molecule has 1 aliphatic carbocycles. The molecule has 0 saturated heterocycles. The molecule has 1 unspecified atom stereocenters. The Labute approximate surface area is 87.9 Å². The minimum atomic E-state index is 0.602. The molecule has 0 N–H and O–H groups in total. The lowest BCUT2D eigenvalue weighted by Gasteiger charge is -2.20. The molecule has 0 saturated carbocycles. The van der Waals surface area contributed by atoms with Crippen molar-refractivity contribution < 1.29 is 0 Å². The summed E-state index contributed by atoms with van der Waals surface area (Å²) in [5.41, 5.74) is 3.00. The maximum Gasteiger partial charge on any atom is 0.0359 e. The van der Waals surface area contributed by atoms with Crippen LogP contribution >= 0.6 is 15.9 Å². The van der Waals surface area contributed by atoms with Gasteiger partial charge in [-0.2, -0.15) is 0 Å². The van der Waals surface area contributed by atoms with Crippen LogP contribution in [0.4, 0.5) is 0 Å². The number of fused-ring (bicyclic) bond motifs is 1. The van der Waals surface area contributed by atoms with Crippen LogP contribution < -0.4 is 0 Å². The molecule has 1 atom stereocenters. The fourth-order valence-corrected chi connectivity index (χ4v) is 2.80. The lowest BCUT2D eigenvalue weighted by Crippen LogP contribution is -2.17. The predicted molar refractivity (Wildman–Crippen MR) is 58.9 cm³/mol.